The van der Waals surface area contributed by atoms with E-state index in [1.165, 1.54) is 6.20 Å². The Balaban J connectivity index is 2.04. The van der Waals surface area contributed by atoms with E-state index in [-0.39, 0.29) is 0 Å². The van der Waals surface area contributed by atoms with Crippen molar-refractivity contribution in [2.75, 3.05) is 12.8 Å². The van der Waals surface area contributed by atoms with Crippen LogP contribution in [0.15, 0.2) is 41.7 Å². The van der Waals surface area contributed by atoms with Gasteiger partial charge in [-0.3, -0.25) is 9.98 Å². The first-order chi connectivity index (χ1) is 9.20. The molecule has 0 saturated carbocycles. The van der Waals surface area contributed by atoms with Crippen LogP contribution >= 0.6 is 11.6 Å². The second-order valence-corrected chi connectivity index (χ2v) is 4.35. The number of nitrogen functional groups attached to an aromatic ring is 1. The topological polar surface area (TPSA) is 60.5 Å². The normalized spacial score (nSPS) is 10.8. The van der Waals surface area contributed by atoms with Crippen LogP contribution < -0.4 is 10.5 Å². The fourth-order valence-corrected chi connectivity index (χ4v) is 1.71. The molecule has 0 saturated heterocycles. The Morgan fingerprint density at radius 2 is 2.05 bits per heavy atom. The third-order valence-corrected chi connectivity index (χ3v) is 2.93. The number of nitrogens with two attached hydrogens (primary N) is 1. The smallest absolute Gasteiger partial charge is 0.118 e. The van der Waals surface area contributed by atoms with Gasteiger partial charge in [-0.2, -0.15) is 0 Å². The lowest BCUT2D eigenvalue weighted by atomic mass is 10.2. The molecule has 0 spiro atoms. The SMILES string of the molecule is COc1ccc(CN=Cc2cncc(Cl)c2N)cc1. The number of rotatable bonds is 4. The molecule has 0 aliphatic carbocycles. The van der Waals surface area contributed by atoms with E-state index >= 15 is 0 Å². The number of benzene rings is 1. The van der Waals surface area contributed by atoms with Crippen molar-refractivity contribution in [1.82, 2.24) is 4.98 Å². The summed E-state index contributed by atoms with van der Waals surface area (Å²) in [4.78, 5) is 8.30. The van der Waals surface area contributed by atoms with Crippen molar-refractivity contribution in [2.45, 2.75) is 6.54 Å². The Hall–Kier alpha value is -2.07. The predicted molar refractivity (Wildman–Crippen MR) is 78.0 cm³/mol. The van der Waals surface area contributed by atoms with Gasteiger partial charge in [0.05, 0.1) is 24.4 Å². The van der Waals surface area contributed by atoms with Crippen LogP contribution in [0.25, 0.3) is 0 Å². The molecule has 0 amide bonds. The lowest BCUT2D eigenvalue weighted by Gasteiger charge is -2.02. The Labute approximate surface area is 116 Å². The van der Waals surface area contributed by atoms with Crippen LogP contribution in [0.1, 0.15) is 11.1 Å². The van der Waals surface area contributed by atoms with Gasteiger partial charge in [-0.1, -0.05) is 23.7 Å². The molecule has 0 bridgehead atoms. The van der Waals surface area contributed by atoms with E-state index < -0.39 is 0 Å². The van der Waals surface area contributed by atoms with Gasteiger partial charge >= 0.3 is 0 Å². The van der Waals surface area contributed by atoms with E-state index in [4.69, 9.17) is 22.1 Å². The Morgan fingerprint density at radius 1 is 1.32 bits per heavy atom. The molecule has 2 aromatic rings. The highest BCUT2D eigenvalue weighted by molar-refractivity contribution is 6.33. The van der Waals surface area contributed by atoms with Crippen LogP contribution in [0, 0.1) is 0 Å². The van der Waals surface area contributed by atoms with Crippen molar-refractivity contribution in [3.05, 3.63) is 52.8 Å². The molecule has 1 aromatic heterocycles. The fraction of sp³-hybridized carbons (Fsp3) is 0.143. The van der Waals surface area contributed by atoms with Crippen LogP contribution in [0.4, 0.5) is 5.69 Å². The molecule has 0 unspecified atom stereocenters. The van der Waals surface area contributed by atoms with Gasteiger partial charge in [0.15, 0.2) is 0 Å². The number of pyridine rings is 1. The van der Waals surface area contributed by atoms with E-state index in [9.17, 15) is 0 Å². The van der Waals surface area contributed by atoms with Gasteiger partial charge in [-0.15, -0.1) is 0 Å². The zero-order valence-corrected chi connectivity index (χ0v) is 11.3. The summed E-state index contributed by atoms with van der Waals surface area (Å²) in [6.45, 7) is 0.565. The van der Waals surface area contributed by atoms with Crippen LogP contribution in [0.2, 0.25) is 5.02 Å². The Bertz CT molecular complexity index is 582. The molecular weight excluding hydrogens is 262 g/mol. The first kappa shape index (κ1) is 13.4. The largest absolute Gasteiger partial charge is 0.497 e. The summed E-state index contributed by atoms with van der Waals surface area (Å²) < 4.78 is 5.09. The first-order valence-corrected chi connectivity index (χ1v) is 6.10. The van der Waals surface area contributed by atoms with Crippen LogP contribution in [0.5, 0.6) is 5.75 Å². The highest BCUT2D eigenvalue weighted by Gasteiger charge is 2.00. The van der Waals surface area contributed by atoms with Gasteiger partial charge in [0.25, 0.3) is 0 Å². The number of hydrogen-bond donors (Lipinski definition) is 1. The maximum atomic E-state index is 5.88. The zero-order chi connectivity index (χ0) is 13.7. The number of hydrogen-bond acceptors (Lipinski definition) is 4. The number of halogens is 1. The second-order valence-electron chi connectivity index (χ2n) is 3.94. The number of ether oxygens (including phenoxy) is 1. The summed E-state index contributed by atoms with van der Waals surface area (Å²) in [5.74, 6) is 0.830. The molecule has 19 heavy (non-hydrogen) atoms. The molecule has 2 rings (SSSR count). The number of aliphatic imine (C=N–C) groups is 1. The minimum absolute atomic E-state index is 0.438. The van der Waals surface area contributed by atoms with Crippen molar-refractivity contribution in [3.63, 3.8) is 0 Å². The third-order valence-electron chi connectivity index (χ3n) is 2.63. The Kier molecular flexibility index (Phi) is 4.36. The number of anilines is 1. The molecule has 1 aromatic carbocycles. The molecule has 0 aliphatic rings. The maximum Gasteiger partial charge on any atom is 0.118 e. The summed E-state index contributed by atoms with van der Waals surface area (Å²) in [5, 5.41) is 0.438. The number of aromatic nitrogens is 1. The highest BCUT2D eigenvalue weighted by Crippen LogP contribution is 2.19. The Morgan fingerprint density at radius 3 is 2.74 bits per heavy atom. The van der Waals surface area contributed by atoms with Crippen LogP contribution in [-0.2, 0) is 6.54 Å². The van der Waals surface area contributed by atoms with E-state index in [1.54, 1.807) is 19.5 Å². The maximum absolute atomic E-state index is 5.88. The van der Waals surface area contributed by atoms with E-state index in [0.717, 1.165) is 16.9 Å². The highest BCUT2D eigenvalue weighted by atomic mass is 35.5. The fourth-order valence-electron chi connectivity index (χ4n) is 1.54. The lowest BCUT2D eigenvalue weighted by molar-refractivity contribution is 0.414. The van der Waals surface area contributed by atoms with E-state index in [1.807, 2.05) is 24.3 Å². The number of methoxy groups -OCH3 is 1. The minimum Gasteiger partial charge on any atom is -0.497 e. The monoisotopic (exact) mass is 275 g/mol. The molecule has 0 radical (unpaired) electrons. The van der Waals surface area contributed by atoms with Crippen molar-refractivity contribution < 1.29 is 4.74 Å². The second kappa shape index (κ2) is 6.20. The molecule has 5 heteroatoms. The minimum atomic E-state index is 0.438. The van der Waals surface area contributed by atoms with E-state index in [2.05, 4.69) is 9.98 Å². The van der Waals surface area contributed by atoms with E-state index in [0.29, 0.717) is 17.3 Å². The molecule has 0 atom stereocenters. The van der Waals surface area contributed by atoms with Crippen molar-refractivity contribution in [3.8, 4) is 5.75 Å². The van der Waals surface area contributed by atoms with Crippen molar-refractivity contribution in [2.24, 2.45) is 4.99 Å². The summed E-state index contributed by atoms with van der Waals surface area (Å²) in [7, 11) is 1.64. The van der Waals surface area contributed by atoms with Gasteiger partial charge in [0.2, 0.25) is 0 Å². The molecular formula is C14H14ClN3O. The van der Waals surface area contributed by atoms with Gasteiger partial charge in [-0.25, -0.2) is 0 Å². The number of nitrogens with zero attached hydrogens (tertiary/aromatic N) is 2. The van der Waals surface area contributed by atoms with Crippen molar-refractivity contribution >= 4 is 23.5 Å². The first-order valence-electron chi connectivity index (χ1n) is 5.72. The summed E-state index contributed by atoms with van der Waals surface area (Å²) in [6, 6.07) is 7.74. The molecule has 1 heterocycles. The average Bonchev–Trinajstić information content (AvgIpc) is 2.44. The standard InChI is InChI=1S/C14H14ClN3O/c1-19-12-4-2-10(3-5-12)6-17-7-11-8-18-9-13(15)14(11)16/h2-5,7-9H,6H2,1H3,(H2,16,18). The van der Waals surface area contributed by atoms with Gasteiger partial charge in [-0.05, 0) is 17.7 Å². The summed E-state index contributed by atoms with van der Waals surface area (Å²) in [5.41, 5.74) is 8.13. The van der Waals surface area contributed by atoms with Gasteiger partial charge in [0.1, 0.15) is 5.75 Å². The quantitative estimate of drug-likeness (QED) is 0.873. The predicted octanol–water partition coefficient (Wildman–Crippen LogP) is 2.94. The molecule has 4 nitrogen and oxygen atoms in total. The van der Waals surface area contributed by atoms with Crippen LogP contribution in [-0.4, -0.2) is 18.3 Å². The summed E-state index contributed by atoms with van der Waals surface area (Å²) in [6.07, 6.45) is 4.83. The third kappa shape index (κ3) is 3.45. The van der Waals surface area contributed by atoms with Crippen molar-refractivity contribution in [1.29, 1.82) is 0 Å². The van der Waals surface area contributed by atoms with Crippen LogP contribution in [0.3, 0.4) is 0 Å². The molecule has 2 N–H and O–H groups in total. The van der Waals surface area contributed by atoms with Gasteiger partial charge < -0.3 is 10.5 Å². The average molecular weight is 276 g/mol. The van der Waals surface area contributed by atoms with Gasteiger partial charge in [0, 0.05) is 24.2 Å². The zero-order valence-electron chi connectivity index (χ0n) is 10.5. The molecule has 0 aliphatic heterocycles. The lowest BCUT2D eigenvalue weighted by Crippen LogP contribution is -1.95. The molecule has 0 fully saturated rings. The molecule has 98 valence electrons. The summed E-state index contributed by atoms with van der Waals surface area (Å²) >= 11 is 5.88.